The zero-order chi connectivity index (χ0) is 14.5. The van der Waals surface area contributed by atoms with Crippen LogP contribution in [0.2, 0.25) is 0 Å². The van der Waals surface area contributed by atoms with Crippen molar-refractivity contribution in [1.82, 2.24) is 10.2 Å². The van der Waals surface area contributed by atoms with Crippen molar-refractivity contribution >= 4 is 15.9 Å². The highest BCUT2D eigenvalue weighted by Gasteiger charge is 2.20. The van der Waals surface area contributed by atoms with Gasteiger partial charge in [-0.15, -0.1) is 0 Å². The second-order valence-electron chi connectivity index (χ2n) is 5.97. The van der Waals surface area contributed by atoms with E-state index in [1.807, 2.05) is 0 Å². The van der Waals surface area contributed by atoms with Crippen LogP contribution in [0.25, 0.3) is 0 Å². The summed E-state index contributed by atoms with van der Waals surface area (Å²) in [4.78, 5) is 2.46. The summed E-state index contributed by atoms with van der Waals surface area (Å²) in [5.41, 5.74) is 2.76. The average molecular weight is 339 g/mol. The van der Waals surface area contributed by atoms with Crippen LogP contribution < -0.4 is 5.32 Å². The topological polar surface area (TPSA) is 15.3 Å². The molecular weight excluding hydrogens is 312 g/mol. The van der Waals surface area contributed by atoms with E-state index in [2.05, 4.69) is 65.2 Å². The van der Waals surface area contributed by atoms with E-state index in [0.29, 0.717) is 6.04 Å². The summed E-state index contributed by atoms with van der Waals surface area (Å²) in [5.74, 6) is 0. The van der Waals surface area contributed by atoms with Crippen molar-refractivity contribution in [2.75, 3.05) is 7.05 Å². The Morgan fingerprint density at radius 1 is 1.30 bits per heavy atom. The molecule has 112 valence electrons. The number of nitrogens with one attached hydrogen (secondary N) is 1. The maximum Gasteiger partial charge on any atom is 0.0244 e. The van der Waals surface area contributed by atoms with Gasteiger partial charge in [-0.3, -0.25) is 4.90 Å². The van der Waals surface area contributed by atoms with Crippen molar-refractivity contribution in [3.8, 4) is 0 Å². The molecule has 0 radical (unpaired) electrons. The molecule has 1 N–H and O–H groups in total. The Morgan fingerprint density at radius 3 is 2.55 bits per heavy atom. The quantitative estimate of drug-likeness (QED) is 0.759. The predicted molar refractivity (Wildman–Crippen MR) is 89.8 cm³/mol. The van der Waals surface area contributed by atoms with Gasteiger partial charge in [0.2, 0.25) is 0 Å². The maximum atomic E-state index is 3.74. The Morgan fingerprint density at radius 2 is 2.00 bits per heavy atom. The molecule has 20 heavy (non-hydrogen) atoms. The van der Waals surface area contributed by atoms with E-state index in [1.165, 1.54) is 41.3 Å². The molecule has 2 rings (SSSR count). The van der Waals surface area contributed by atoms with Gasteiger partial charge < -0.3 is 5.32 Å². The summed E-state index contributed by atoms with van der Waals surface area (Å²) in [7, 11) is 2.23. The van der Waals surface area contributed by atoms with E-state index in [-0.39, 0.29) is 0 Å². The Hall–Kier alpha value is -0.380. The fourth-order valence-corrected chi connectivity index (χ4v) is 3.24. The van der Waals surface area contributed by atoms with E-state index in [4.69, 9.17) is 0 Å². The highest BCUT2D eigenvalue weighted by Crippen LogP contribution is 2.23. The molecule has 1 saturated carbocycles. The number of hydrogen-bond acceptors (Lipinski definition) is 2. The largest absolute Gasteiger partial charge is 0.310 e. The maximum absolute atomic E-state index is 3.74. The van der Waals surface area contributed by atoms with Crippen LogP contribution in [0.5, 0.6) is 0 Å². The van der Waals surface area contributed by atoms with Crippen LogP contribution in [-0.2, 0) is 13.1 Å². The van der Waals surface area contributed by atoms with Gasteiger partial charge in [-0.05, 0) is 49.9 Å². The Bertz CT molecular complexity index is 425. The Labute approximate surface area is 132 Å². The molecule has 1 aromatic carbocycles. The standard InChI is InChI=1S/C17H27BrN2/c1-4-16(5-2)20(3)12-14-7-6-13(10-17(14)18)11-19-15-8-9-15/h6-7,10,15-16,19H,4-5,8-9,11-12H2,1-3H3. The SMILES string of the molecule is CCC(CC)N(C)Cc1ccc(CNC2CC2)cc1Br. The van der Waals surface area contributed by atoms with Gasteiger partial charge in [0, 0.05) is 29.6 Å². The third-order valence-corrected chi connectivity index (χ3v) is 5.01. The van der Waals surface area contributed by atoms with E-state index in [9.17, 15) is 0 Å². The van der Waals surface area contributed by atoms with Crippen molar-refractivity contribution in [1.29, 1.82) is 0 Å². The first kappa shape index (κ1) is 16.0. The lowest BCUT2D eigenvalue weighted by atomic mass is 10.1. The zero-order valence-electron chi connectivity index (χ0n) is 13.0. The van der Waals surface area contributed by atoms with E-state index in [1.54, 1.807) is 0 Å². The van der Waals surface area contributed by atoms with Gasteiger partial charge in [-0.25, -0.2) is 0 Å². The molecule has 0 spiro atoms. The van der Waals surface area contributed by atoms with Crippen LogP contribution >= 0.6 is 15.9 Å². The minimum Gasteiger partial charge on any atom is -0.310 e. The van der Waals surface area contributed by atoms with Gasteiger partial charge in [0.25, 0.3) is 0 Å². The molecule has 0 aliphatic heterocycles. The number of rotatable bonds is 8. The number of hydrogen-bond donors (Lipinski definition) is 1. The van der Waals surface area contributed by atoms with Crippen LogP contribution in [0.3, 0.4) is 0 Å². The summed E-state index contributed by atoms with van der Waals surface area (Å²) in [6, 6.07) is 8.25. The first-order chi connectivity index (χ1) is 9.63. The normalized spacial score (nSPS) is 15.3. The van der Waals surface area contributed by atoms with Gasteiger partial charge in [-0.1, -0.05) is 41.9 Å². The number of nitrogens with zero attached hydrogens (tertiary/aromatic N) is 1. The van der Waals surface area contributed by atoms with Gasteiger partial charge in [0.05, 0.1) is 0 Å². The van der Waals surface area contributed by atoms with Crippen molar-refractivity contribution in [2.24, 2.45) is 0 Å². The molecule has 0 amide bonds. The molecule has 0 bridgehead atoms. The third-order valence-electron chi connectivity index (χ3n) is 4.28. The van der Waals surface area contributed by atoms with Crippen molar-refractivity contribution in [3.05, 3.63) is 33.8 Å². The van der Waals surface area contributed by atoms with Gasteiger partial charge in [0.1, 0.15) is 0 Å². The van der Waals surface area contributed by atoms with Crippen molar-refractivity contribution in [3.63, 3.8) is 0 Å². The summed E-state index contributed by atoms with van der Waals surface area (Å²) in [5, 5.41) is 3.57. The molecule has 1 fully saturated rings. The monoisotopic (exact) mass is 338 g/mol. The van der Waals surface area contributed by atoms with Crippen LogP contribution in [0, 0.1) is 0 Å². The molecule has 0 heterocycles. The van der Waals surface area contributed by atoms with E-state index >= 15 is 0 Å². The number of halogens is 1. The van der Waals surface area contributed by atoms with Crippen LogP contribution in [0.1, 0.15) is 50.7 Å². The minimum atomic E-state index is 0.679. The minimum absolute atomic E-state index is 0.679. The number of benzene rings is 1. The summed E-state index contributed by atoms with van der Waals surface area (Å²) in [6.45, 7) is 6.55. The Balaban J connectivity index is 1.93. The average Bonchev–Trinajstić information content (AvgIpc) is 3.25. The lowest BCUT2D eigenvalue weighted by Crippen LogP contribution is -2.30. The van der Waals surface area contributed by atoms with E-state index in [0.717, 1.165) is 19.1 Å². The fraction of sp³-hybridized carbons (Fsp3) is 0.647. The van der Waals surface area contributed by atoms with Gasteiger partial charge in [-0.2, -0.15) is 0 Å². The lowest BCUT2D eigenvalue weighted by Gasteiger charge is -2.26. The highest BCUT2D eigenvalue weighted by molar-refractivity contribution is 9.10. The van der Waals surface area contributed by atoms with Crippen molar-refractivity contribution in [2.45, 2.75) is 64.7 Å². The molecule has 2 nitrogen and oxygen atoms in total. The first-order valence-electron chi connectivity index (χ1n) is 7.85. The van der Waals surface area contributed by atoms with Crippen LogP contribution in [0.4, 0.5) is 0 Å². The van der Waals surface area contributed by atoms with Crippen LogP contribution in [-0.4, -0.2) is 24.0 Å². The highest BCUT2D eigenvalue weighted by atomic mass is 79.9. The Kier molecular flexibility index (Phi) is 6.06. The molecule has 3 heteroatoms. The van der Waals surface area contributed by atoms with E-state index < -0.39 is 0 Å². The van der Waals surface area contributed by atoms with Gasteiger partial charge >= 0.3 is 0 Å². The molecule has 0 atom stereocenters. The van der Waals surface area contributed by atoms with Crippen molar-refractivity contribution < 1.29 is 0 Å². The third kappa shape index (κ3) is 4.57. The summed E-state index contributed by atoms with van der Waals surface area (Å²) >= 11 is 3.74. The molecule has 0 unspecified atom stereocenters. The zero-order valence-corrected chi connectivity index (χ0v) is 14.5. The second kappa shape index (κ2) is 7.58. The lowest BCUT2D eigenvalue weighted by molar-refractivity contribution is 0.221. The fourth-order valence-electron chi connectivity index (χ4n) is 2.69. The summed E-state index contributed by atoms with van der Waals surface area (Å²) in [6.07, 6.45) is 5.13. The molecule has 1 aliphatic carbocycles. The first-order valence-corrected chi connectivity index (χ1v) is 8.64. The molecular formula is C17H27BrN2. The smallest absolute Gasteiger partial charge is 0.0244 e. The van der Waals surface area contributed by atoms with Gasteiger partial charge in [0.15, 0.2) is 0 Å². The second-order valence-corrected chi connectivity index (χ2v) is 6.82. The van der Waals surface area contributed by atoms with Crippen LogP contribution in [0.15, 0.2) is 22.7 Å². The molecule has 1 aliphatic rings. The molecule has 0 aromatic heterocycles. The molecule has 0 saturated heterocycles. The predicted octanol–water partition coefficient (Wildman–Crippen LogP) is 4.32. The molecule has 1 aromatic rings. The summed E-state index contributed by atoms with van der Waals surface area (Å²) < 4.78 is 1.24.